The summed E-state index contributed by atoms with van der Waals surface area (Å²) in [6.07, 6.45) is 2.61. The Hall–Kier alpha value is -1.11. The Labute approximate surface area is 127 Å². The number of piperidine rings is 1. The normalized spacial score (nSPS) is 17.8. The number of nitrogens with two attached hydrogens (primary N) is 1. The topological polar surface area (TPSA) is 72.6 Å². The van der Waals surface area contributed by atoms with E-state index in [0.717, 1.165) is 19.3 Å². The first-order valence-corrected chi connectivity index (χ1v) is 8.95. The predicted molar refractivity (Wildman–Crippen MR) is 82.8 cm³/mol. The fourth-order valence-electron chi connectivity index (χ4n) is 2.46. The summed E-state index contributed by atoms with van der Waals surface area (Å²) < 4.78 is 32.2. The lowest BCUT2D eigenvalue weighted by Gasteiger charge is -2.30. The average Bonchev–Trinajstić information content (AvgIpc) is 2.53. The first kappa shape index (κ1) is 16.3. The average molecular weight is 312 g/mol. The van der Waals surface area contributed by atoms with E-state index in [1.807, 2.05) is 6.92 Å². The molecular formula is C15H24N2O3S. The molecule has 0 aliphatic carbocycles. The lowest BCUT2D eigenvalue weighted by Crippen LogP contribution is -2.39. The van der Waals surface area contributed by atoms with Crippen LogP contribution < -0.4 is 10.5 Å². The lowest BCUT2D eigenvalue weighted by atomic mass is 9.99. The molecule has 1 aromatic carbocycles. The zero-order chi connectivity index (χ0) is 15.3. The van der Waals surface area contributed by atoms with Crippen molar-refractivity contribution in [1.82, 2.24) is 4.31 Å². The van der Waals surface area contributed by atoms with Crippen molar-refractivity contribution in [2.75, 3.05) is 26.2 Å². The number of sulfonamides is 1. The number of rotatable bonds is 6. The number of nitrogens with zero attached hydrogens (tertiary/aromatic N) is 1. The van der Waals surface area contributed by atoms with Gasteiger partial charge >= 0.3 is 0 Å². The van der Waals surface area contributed by atoms with Crippen molar-refractivity contribution < 1.29 is 13.2 Å². The molecular weight excluding hydrogens is 288 g/mol. The van der Waals surface area contributed by atoms with Gasteiger partial charge in [0.05, 0.1) is 11.5 Å². The standard InChI is InChI=1S/C15H24N2O3S/c1-2-11-20-14-3-5-15(6-4-14)21(18,19)17-9-7-13(12-16)8-10-17/h3-6,13H,2,7-12,16H2,1H3. The molecule has 1 heterocycles. The molecule has 21 heavy (non-hydrogen) atoms. The molecule has 0 spiro atoms. The minimum absolute atomic E-state index is 0.331. The summed E-state index contributed by atoms with van der Waals surface area (Å²) in [4.78, 5) is 0.331. The zero-order valence-electron chi connectivity index (χ0n) is 12.5. The summed E-state index contributed by atoms with van der Waals surface area (Å²) in [6, 6.07) is 6.68. The van der Waals surface area contributed by atoms with E-state index in [1.165, 1.54) is 0 Å². The van der Waals surface area contributed by atoms with Crippen LogP contribution in [0.1, 0.15) is 26.2 Å². The molecule has 0 bridgehead atoms. The molecule has 1 aromatic rings. The van der Waals surface area contributed by atoms with Gasteiger partial charge in [-0.05, 0) is 56.0 Å². The molecule has 1 fully saturated rings. The molecule has 2 N–H and O–H groups in total. The highest BCUT2D eigenvalue weighted by molar-refractivity contribution is 7.89. The van der Waals surface area contributed by atoms with E-state index in [0.29, 0.717) is 42.8 Å². The third-order valence-corrected chi connectivity index (χ3v) is 5.75. The van der Waals surface area contributed by atoms with Crippen LogP contribution in [0.4, 0.5) is 0 Å². The molecule has 1 aliphatic rings. The fourth-order valence-corrected chi connectivity index (χ4v) is 3.93. The molecule has 118 valence electrons. The molecule has 0 atom stereocenters. The van der Waals surface area contributed by atoms with Crippen molar-refractivity contribution in [3.8, 4) is 5.75 Å². The van der Waals surface area contributed by atoms with Gasteiger partial charge in [-0.3, -0.25) is 0 Å². The summed E-state index contributed by atoms with van der Waals surface area (Å²) >= 11 is 0. The first-order valence-electron chi connectivity index (χ1n) is 7.51. The molecule has 0 aromatic heterocycles. The van der Waals surface area contributed by atoms with E-state index in [4.69, 9.17) is 10.5 Å². The van der Waals surface area contributed by atoms with Gasteiger partial charge in [-0.2, -0.15) is 4.31 Å². The molecule has 1 saturated heterocycles. The van der Waals surface area contributed by atoms with Crippen LogP contribution >= 0.6 is 0 Å². The van der Waals surface area contributed by atoms with Crippen LogP contribution in [-0.2, 0) is 10.0 Å². The monoisotopic (exact) mass is 312 g/mol. The number of hydrogen-bond donors (Lipinski definition) is 1. The third-order valence-electron chi connectivity index (χ3n) is 3.84. The Kier molecular flexibility index (Phi) is 5.61. The zero-order valence-corrected chi connectivity index (χ0v) is 13.3. The van der Waals surface area contributed by atoms with E-state index < -0.39 is 10.0 Å². The van der Waals surface area contributed by atoms with Gasteiger partial charge in [-0.1, -0.05) is 6.92 Å². The van der Waals surface area contributed by atoms with E-state index in [9.17, 15) is 8.42 Å². The Bertz CT molecular complexity index is 535. The Balaban J connectivity index is 2.05. The number of ether oxygens (including phenoxy) is 1. The summed E-state index contributed by atoms with van der Waals surface area (Å²) in [5.74, 6) is 1.15. The minimum Gasteiger partial charge on any atom is -0.494 e. The van der Waals surface area contributed by atoms with Gasteiger partial charge in [-0.15, -0.1) is 0 Å². The maximum absolute atomic E-state index is 12.6. The van der Waals surface area contributed by atoms with Crippen molar-refractivity contribution in [2.24, 2.45) is 11.7 Å². The molecule has 0 radical (unpaired) electrons. The van der Waals surface area contributed by atoms with Crippen molar-refractivity contribution >= 4 is 10.0 Å². The van der Waals surface area contributed by atoms with Crippen molar-refractivity contribution in [3.63, 3.8) is 0 Å². The van der Waals surface area contributed by atoms with E-state index in [1.54, 1.807) is 28.6 Å². The fraction of sp³-hybridized carbons (Fsp3) is 0.600. The molecule has 0 saturated carbocycles. The lowest BCUT2D eigenvalue weighted by molar-refractivity contribution is 0.278. The quantitative estimate of drug-likeness (QED) is 0.870. The molecule has 5 nitrogen and oxygen atoms in total. The van der Waals surface area contributed by atoms with Gasteiger partial charge in [0.1, 0.15) is 5.75 Å². The summed E-state index contributed by atoms with van der Waals surface area (Å²) in [6.45, 7) is 4.41. The van der Waals surface area contributed by atoms with Crippen LogP contribution in [0.5, 0.6) is 5.75 Å². The second kappa shape index (κ2) is 7.24. The largest absolute Gasteiger partial charge is 0.494 e. The number of benzene rings is 1. The SMILES string of the molecule is CCCOc1ccc(S(=O)(=O)N2CCC(CN)CC2)cc1. The van der Waals surface area contributed by atoms with Crippen LogP contribution in [-0.4, -0.2) is 39.0 Å². The van der Waals surface area contributed by atoms with Gasteiger partial charge < -0.3 is 10.5 Å². The maximum atomic E-state index is 12.6. The van der Waals surface area contributed by atoms with Gasteiger partial charge in [0.2, 0.25) is 10.0 Å². The Morgan fingerprint density at radius 1 is 1.24 bits per heavy atom. The smallest absolute Gasteiger partial charge is 0.243 e. The Morgan fingerprint density at radius 3 is 2.38 bits per heavy atom. The van der Waals surface area contributed by atoms with E-state index >= 15 is 0 Å². The van der Waals surface area contributed by atoms with Crippen LogP contribution in [0.15, 0.2) is 29.2 Å². The van der Waals surface area contributed by atoms with E-state index in [-0.39, 0.29) is 0 Å². The van der Waals surface area contributed by atoms with Crippen molar-refractivity contribution in [2.45, 2.75) is 31.1 Å². The Morgan fingerprint density at radius 2 is 1.86 bits per heavy atom. The molecule has 2 rings (SSSR count). The van der Waals surface area contributed by atoms with Gasteiger partial charge in [0.25, 0.3) is 0 Å². The van der Waals surface area contributed by atoms with Crippen LogP contribution in [0.25, 0.3) is 0 Å². The van der Waals surface area contributed by atoms with E-state index in [2.05, 4.69) is 0 Å². The second-order valence-electron chi connectivity index (χ2n) is 5.40. The first-order chi connectivity index (χ1) is 10.1. The van der Waals surface area contributed by atoms with Crippen LogP contribution in [0.2, 0.25) is 0 Å². The third kappa shape index (κ3) is 3.96. The molecule has 6 heteroatoms. The van der Waals surface area contributed by atoms with Crippen molar-refractivity contribution in [3.05, 3.63) is 24.3 Å². The number of hydrogen-bond acceptors (Lipinski definition) is 4. The molecule has 0 unspecified atom stereocenters. The van der Waals surface area contributed by atoms with Crippen LogP contribution in [0.3, 0.4) is 0 Å². The van der Waals surface area contributed by atoms with Gasteiger partial charge in [-0.25, -0.2) is 8.42 Å². The highest BCUT2D eigenvalue weighted by Gasteiger charge is 2.28. The van der Waals surface area contributed by atoms with Gasteiger partial charge in [0, 0.05) is 13.1 Å². The summed E-state index contributed by atoms with van der Waals surface area (Å²) in [5.41, 5.74) is 5.64. The molecule has 0 amide bonds. The van der Waals surface area contributed by atoms with Crippen LogP contribution in [0, 0.1) is 5.92 Å². The summed E-state index contributed by atoms with van der Waals surface area (Å²) in [5, 5.41) is 0. The highest BCUT2D eigenvalue weighted by Crippen LogP contribution is 2.24. The minimum atomic E-state index is -3.39. The predicted octanol–water partition coefficient (Wildman–Crippen LogP) is 1.83. The van der Waals surface area contributed by atoms with Crippen molar-refractivity contribution in [1.29, 1.82) is 0 Å². The summed E-state index contributed by atoms with van der Waals surface area (Å²) in [7, 11) is -3.39. The highest BCUT2D eigenvalue weighted by atomic mass is 32.2. The molecule has 1 aliphatic heterocycles. The second-order valence-corrected chi connectivity index (χ2v) is 7.34. The van der Waals surface area contributed by atoms with Gasteiger partial charge in [0.15, 0.2) is 0 Å². The maximum Gasteiger partial charge on any atom is 0.243 e.